The second-order valence-corrected chi connectivity index (χ2v) is 7.37. The van der Waals surface area contributed by atoms with Crippen molar-refractivity contribution in [2.45, 2.75) is 39.0 Å². The monoisotopic (exact) mass is 408 g/mol. The number of hydrogen-bond acceptors (Lipinski definition) is 3. The average molecular weight is 408 g/mol. The van der Waals surface area contributed by atoms with E-state index in [-0.39, 0.29) is 6.04 Å². The van der Waals surface area contributed by atoms with Crippen molar-refractivity contribution >= 4 is 5.96 Å². The van der Waals surface area contributed by atoms with Crippen LogP contribution in [0, 0.1) is 13.8 Å². The Morgan fingerprint density at radius 1 is 1.28 bits per heavy atom. The van der Waals surface area contributed by atoms with Crippen LogP contribution in [-0.4, -0.2) is 59.5 Å². The van der Waals surface area contributed by atoms with Gasteiger partial charge in [0.2, 0.25) is 0 Å². The molecule has 0 spiro atoms. The van der Waals surface area contributed by atoms with Gasteiger partial charge >= 0.3 is 6.18 Å². The molecule has 1 aromatic carbocycles. The third-order valence-corrected chi connectivity index (χ3v) is 4.92. The van der Waals surface area contributed by atoms with Crippen LogP contribution in [0.25, 0.3) is 5.69 Å². The van der Waals surface area contributed by atoms with Crippen LogP contribution in [0.2, 0.25) is 0 Å². The van der Waals surface area contributed by atoms with E-state index in [2.05, 4.69) is 20.7 Å². The molecule has 1 atom stereocenters. The highest BCUT2D eigenvalue weighted by Crippen LogP contribution is 2.20. The van der Waals surface area contributed by atoms with Crippen LogP contribution in [0.15, 0.2) is 35.3 Å². The molecule has 2 aromatic rings. The quantitative estimate of drug-likeness (QED) is 0.590. The van der Waals surface area contributed by atoms with E-state index >= 15 is 0 Å². The first kappa shape index (κ1) is 21.2. The molecule has 9 heteroatoms. The Hall–Kier alpha value is -2.55. The van der Waals surface area contributed by atoms with Crippen molar-refractivity contribution in [2.75, 3.05) is 26.7 Å². The maximum Gasteiger partial charge on any atom is 0.401 e. The second-order valence-electron chi connectivity index (χ2n) is 7.37. The first-order chi connectivity index (χ1) is 13.7. The van der Waals surface area contributed by atoms with Crippen molar-refractivity contribution in [3.05, 3.63) is 47.3 Å². The standard InChI is InChI=1S/C20H27F3N6/c1-14-10-15(2)29(27-14)18-7-5-4-6-16(18)11-25-19(24-3)26-17-8-9-28(12-17)13-20(21,22)23/h4-7,10,17H,8-9,11-13H2,1-3H3,(H2,24,25,26). The topological polar surface area (TPSA) is 57.5 Å². The molecule has 29 heavy (non-hydrogen) atoms. The van der Waals surface area contributed by atoms with Crippen LogP contribution in [0.4, 0.5) is 13.2 Å². The highest BCUT2D eigenvalue weighted by atomic mass is 19.4. The fraction of sp³-hybridized carbons (Fsp3) is 0.500. The number of nitrogens with one attached hydrogen (secondary N) is 2. The number of para-hydroxylation sites is 1. The molecule has 158 valence electrons. The summed E-state index contributed by atoms with van der Waals surface area (Å²) in [6, 6.07) is 9.93. The van der Waals surface area contributed by atoms with Gasteiger partial charge in [0, 0.05) is 38.4 Å². The highest BCUT2D eigenvalue weighted by molar-refractivity contribution is 5.80. The number of alkyl halides is 3. The summed E-state index contributed by atoms with van der Waals surface area (Å²) in [6.45, 7) is 4.40. The molecular weight excluding hydrogens is 381 g/mol. The van der Waals surface area contributed by atoms with Crippen molar-refractivity contribution in [1.29, 1.82) is 0 Å². The summed E-state index contributed by atoms with van der Waals surface area (Å²) in [5.74, 6) is 0.576. The van der Waals surface area contributed by atoms with Crippen molar-refractivity contribution in [3.63, 3.8) is 0 Å². The van der Waals surface area contributed by atoms with Crippen LogP contribution in [-0.2, 0) is 6.54 Å². The lowest BCUT2D eigenvalue weighted by molar-refractivity contribution is -0.143. The number of aryl methyl sites for hydroxylation is 2. The number of nitrogens with zero attached hydrogens (tertiary/aromatic N) is 4. The molecule has 0 amide bonds. The number of aliphatic imine (C=N–C) groups is 1. The van der Waals surface area contributed by atoms with Gasteiger partial charge in [-0.15, -0.1) is 0 Å². The Kier molecular flexibility index (Phi) is 6.46. The molecule has 1 aliphatic rings. The second kappa shape index (κ2) is 8.86. The molecule has 0 aliphatic carbocycles. The van der Waals surface area contributed by atoms with Crippen molar-refractivity contribution in [3.8, 4) is 5.69 Å². The number of likely N-dealkylation sites (tertiary alicyclic amines) is 1. The maximum atomic E-state index is 12.6. The van der Waals surface area contributed by atoms with E-state index in [4.69, 9.17) is 0 Å². The van der Waals surface area contributed by atoms with E-state index in [1.54, 1.807) is 7.05 Å². The van der Waals surface area contributed by atoms with E-state index in [9.17, 15) is 13.2 Å². The molecule has 1 unspecified atom stereocenters. The predicted octanol–water partition coefficient (Wildman–Crippen LogP) is 2.79. The van der Waals surface area contributed by atoms with Gasteiger partial charge in [-0.05, 0) is 38.0 Å². The number of halogens is 3. The summed E-state index contributed by atoms with van der Waals surface area (Å²) in [6.07, 6.45) is -3.51. The number of benzene rings is 1. The predicted molar refractivity (Wildman–Crippen MR) is 107 cm³/mol. The zero-order valence-electron chi connectivity index (χ0n) is 16.9. The lowest BCUT2D eigenvalue weighted by Gasteiger charge is -2.20. The minimum Gasteiger partial charge on any atom is -0.352 e. The zero-order chi connectivity index (χ0) is 21.0. The fourth-order valence-electron chi connectivity index (χ4n) is 3.65. The fourth-order valence-corrected chi connectivity index (χ4v) is 3.65. The van der Waals surface area contributed by atoms with Crippen LogP contribution >= 0.6 is 0 Å². The normalized spacial score (nSPS) is 18.3. The van der Waals surface area contributed by atoms with Gasteiger partial charge in [-0.1, -0.05) is 18.2 Å². The van der Waals surface area contributed by atoms with Gasteiger partial charge in [0.1, 0.15) is 0 Å². The number of rotatable bonds is 5. The largest absolute Gasteiger partial charge is 0.401 e. The van der Waals surface area contributed by atoms with Crippen molar-refractivity contribution in [2.24, 2.45) is 4.99 Å². The third-order valence-electron chi connectivity index (χ3n) is 4.92. The molecule has 0 saturated carbocycles. The Morgan fingerprint density at radius 2 is 2.03 bits per heavy atom. The lowest BCUT2D eigenvalue weighted by atomic mass is 10.1. The Morgan fingerprint density at radius 3 is 2.69 bits per heavy atom. The van der Waals surface area contributed by atoms with Crippen molar-refractivity contribution < 1.29 is 13.2 Å². The van der Waals surface area contributed by atoms with Gasteiger partial charge in [0.25, 0.3) is 0 Å². The zero-order valence-corrected chi connectivity index (χ0v) is 16.9. The summed E-state index contributed by atoms with van der Waals surface area (Å²) in [5, 5.41) is 11.1. The third kappa shape index (κ3) is 5.72. The van der Waals surface area contributed by atoms with E-state index < -0.39 is 12.7 Å². The summed E-state index contributed by atoms with van der Waals surface area (Å²) in [7, 11) is 1.66. The van der Waals surface area contributed by atoms with E-state index in [0.717, 1.165) is 22.6 Å². The van der Waals surface area contributed by atoms with Crippen molar-refractivity contribution in [1.82, 2.24) is 25.3 Å². The maximum absolute atomic E-state index is 12.6. The van der Waals surface area contributed by atoms with Gasteiger partial charge in [0.15, 0.2) is 5.96 Å². The van der Waals surface area contributed by atoms with Gasteiger partial charge in [-0.2, -0.15) is 18.3 Å². The average Bonchev–Trinajstić information content (AvgIpc) is 3.22. The molecule has 6 nitrogen and oxygen atoms in total. The Balaban J connectivity index is 1.60. The highest BCUT2D eigenvalue weighted by Gasteiger charge is 2.34. The molecule has 0 bridgehead atoms. The molecule has 1 fully saturated rings. The SMILES string of the molecule is CN=C(NCc1ccccc1-n1nc(C)cc1C)NC1CCN(CC(F)(F)F)C1. The minimum atomic E-state index is -4.17. The molecule has 1 aliphatic heterocycles. The number of guanidine groups is 1. The Bertz CT molecular complexity index is 858. The summed E-state index contributed by atoms with van der Waals surface area (Å²) >= 11 is 0. The molecular formula is C20H27F3N6. The molecule has 3 rings (SSSR count). The van der Waals surface area contributed by atoms with Crippen LogP contribution in [0.5, 0.6) is 0 Å². The van der Waals surface area contributed by atoms with Crippen LogP contribution in [0.1, 0.15) is 23.4 Å². The smallest absolute Gasteiger partial charge is 0.352 e. The van der Waals surface area contributed by atoms with E-state index in [1.807, 2.05) is 48.9 Å². The van der Waals surface area contributed by atoms with Gasteiger partial charge in [-0.3, -0.25) is 9.89 Å². The lowest BCUT2D eigenvalue weighted by Crippen LogP contribution is -2.45. The molecule has 1 saturated heterocycles. The van der Waals surface area contributed by atoms with Gasteiger partial charge in [-0.25, -0.2) is 4.68 Å². The first-order valence-electron chi connectivity index (χ1n) is 9.63. The number of hydrogen-bond donors (Lipinski definition) is 2. The number of aromatic nitrogens is 2. The first-order valence-corrected chi connectivity index (χ1v) is 9.63. The van der Waals surface area contributed by atoms with Crippen LogP contribution in [0.3, 0.4) is 0 Å². The summed E-state index contributed by atoms with van der Waals surface area (Å²) < 4.78 is 39.6. The minimum absolute atomic E-state index is 0.0604. The van der Waals surface area contributed by atoms with E-state index in [0.29, 0.717) is 32.0 Å². The molecule has 2 N–H and O–H groups in total. The summed E-state index contributed by atoms with van der Waals surface area (Å²) in [5.41, 5.74) is 4.03. The molecule has 2 heterocycles. The molecule has 0 radical (unpaired) electrons. The van der Waals surface area contributed by atoms with Gasteiger partial charge in [0.05, 0.1) is 17.9 Å². The molecule has 1 aromatic heterocycles. The van der Waals surface area contributed by atoms with Gasteiger partial charge < -0.3 is 10.6 Å². The van der Waals surface area contributed by atoms with E-state index in [1.165, 1.54) is 4.90 Å². The van der Waals surface area contributed by atoms with Crippen LogP contribution < -0.4 is 10.6 Å². The summed E-state index contributed by atoms with van der Waals surface area (Å²) in [4.78, 5) is 5.64. The Labute approximate surface area is 168 Å².